The highest BCUT2D eigenvalue weighted by molar-refractivity contribution is 14.1. The van der Waals surface area contributed by atoms with Crippen LogP contribution >= 0.6 is 22.6 Å². The van der Waals surface area contributed by atoms with Crippen molar-refractivity contribution in [3.05, 3.63) is 27.6 Å². The second-order valence-corrected chi connectivity index (χ2v) is 2.97. The summed E-state index contributed by atoms with van der Waals surface area (Å²) in [5, 5.41) is -1.24. The molecule has 1 nitrogen and oxygen atoms in total. The van der Waals surface area contributed by atoms with Gasteiger partial charge in [0.2, 0.25) is 0 Å². The average molecular weight is 273 g/mol. The van der Waals surface area contributed by atoms with Gasteiger partial charge in [0.05, 0.1) is 3.57 Å². The molecule has 1 rings (SSSR count). The molecule has 0 saturated heterocycles. The van der Waals surface area contributed by atoms with E-state index in [0.29, 0.717) is 0 Å². The van der Waals surface area contributed by atoms with E-state index in [2.05, 4.69) is 0 Å². The summed E-state index contributed by atoms with van der Waals surface area (Å²) >= 11 is 1.65. The van der Waals surface area contributed by atoms with Crippen molar-refractivity contribution in [2.75, 3.05) is 5.34 Å². The number of hydrogen-bond donors (Lipinski definition) is 0. The molecule has 0 atom stereocenters. The molecule has 1 aromatic carbocycles. The summed E-state index contributed by atoms with van der Waals surface area (Å²) in [4.78, 5) is 0. The molecule has 0 unspecified atom stereocenters. The van der Waals surface area contributed by atoms with Gasteiger partial charge in [-0.25, -0.2) is 4.39 Å². The minimum Gasteiger partial charge on any atom is -0.203 e. The number of anilines is 1. The highest BCUT2D eigenvalue weighted by Crippen LogP contribution is 2.23. The largest absolute Gasteiger partial charge is 0.203 e. The van der Waals surface area contributed by atoms with Crippen LogP contribution in [0, 0.1) is 9.39 Å². The highest BCUT2D eigenvalue weighted by atomic mass is 127. The molecular formula is C6H3F3IN. The molecule has 0 N–H and O–H groups in total. The first-order valence-corrected chi connectivity index (χ1v) is 3.76. The lowest BCUT2D eigenvalue weighted by Gasteiger charge is -2.03. The predicted molar refractivity (Wildman–Crippen MR) is 43.8 cm³/mol. The third kappa shape index (κ3) is 1.76. The summed E-state index contributed by atoms with van der Waals surface area (Å²) in [7, 11) is 0. The Morgan fingerprint density at radius 2 is 1.91 bits per heavy atom. The van der Waals surface area contributed by atoms with Crippen LogP contribution in [0.2, 0.25) is 0 Å². The van der Waals surface area contributed by atoms with Crippen molar-refractivity contribution in [1.29, 1.82) is 0 Å². The Balaban J connectivity index is 3.17. The van der Waals surface area contributed by atoms with Gasteiger partial charge in [0.25, 0.3) is 0 Å². The predicted octanol–water partition coefficient (Wildman–Crippen LogP) is 3.01. The lowest BCUT2D eigenvalue weighted by atomic mass is 10.3. The molecule has 0 saturated carbocycles. The lowest BCUT2D eigenvalue weighted by Crippen LogP contribution is -1.99. The second-order valence-electron chi connectivity index (χ2n) is 1.81. The zero-order valence-corrected chi connectivity index (χ0v) is 7.35. The monoisotopic (exact) mass is 273 g/mol. The molecule has 1 aromatic rings. The molecule has 5 heteroatoms. The molecule has 60 valence electrons. The summed E-state index contributed by atoms with van der Waals surface area (Å²) in [5.74, 6) is -0.891. The minimum absolute atomic E-state index is 0.181. The molecule has 0 aliphatic heterocycles. The average Bonchev–Trinajstić information content (AvgIpc) is 1.94. The fraction of sp³-hybridized carbons (Fsp3) is 0. The summed E-state index contributed by atoms with van der Waals surface area (Å²) in [6.07, 6.45) is 0. The van der Waals surface area contributed by atoms with Crippen molar-refractivity contribution in [3.8, 4) is 0 Å². The maximum Gasteiger partial charge on any atom is 0.165 e. The zero-order valence-electron chi connectivity index (χ0n) is 5.19. The van der Waals surface area contributed by atoms with Gasteiger partial charge in [-0.2, -0.15) is 0 Å². The van der Waals surface area contributed by atoms with Crippen molar-refractivity contribution < 1.29 is 13.4 Å². The van der Waals surface area contributed by atoms with Gasteiger partial charge in [0.15, 0.2) is 5.82 Å². The lowest BCUT2D eigenvalue weighted by molar-refractivity contribution is 0.231. The Hall–Kier alpha value is -0.460. The zero-order chi connectivity index (χ0) is 8.43. The SMILES string of the molecule is Fc1c(I)cccc1N(F)F. The Morgan fingerprint density at radius 3 is 2.36 bits per heavy atom. The van der Waals surface area contributed by atoms with Gasteiger partial charge < -0.3 is 0 Å². The molecule has 0 aliphatic rings. The standard InChI is InChI=1S/C6H3F3IN/c7-6-4(10)2-1-3-5(6)11(8)9/h1-3H. The first-order valence-electron chi connectivity index (χ1n) is 2.68. The number of rotatable bonds is 1. The molecule has 0 aromatic heterocycles. The van der Waals surface area contributed by atoms with E-state index in [0.717, 1.165) is 6.07 Å². The third-order valence-corrected chi connectivity index (χ3v) is 1.95. The highest BCUT2D eigenvalue weighted by Gasteiger charge is 2.11. The Morgan fingerprint density at radius 1 is 1.27 bits per heavy atom. The van der Waals surface area contributed by atoms with E-state index in [1.165, 1.54) is 12.1 Å². The molecule has 0 amide bonds. The molecule has 0 spiro atoms. The molecule has 0 bridgehead atoms. The van der Waals surface area contributed by atoms with E-state index in [-0.39, 0.29) is 3.57 Å². The molecule has 0 aliphatic carbocycles. The van der Waals surface area contributed by atoms with Crippen LogP contribution in [0.15, 0.2) is 18.2 Å². The van der Waals surface area contributed by atoms with Gasteiger partial charge in [-0.3, -0.25) is 0 Å². The van der Waals surface area contributed by atoms with Crippen molar-refractivity contribution >= 4 is 28.3 Å². The molecule has 11 heavy (non-hydrogen) atoms. The van der Waals surface area contributed by atoms with E-state index >= 15 is 0 Å². The van der Waals surface area contributed by atoms with E-state index < -0.39 is 16.8 Å². The number of halogens is 4. The van der Waals surface area contributed by atoms with Crippen LogP contribution in [0.3, 0.4) is 0 Å². The van der Waals surface area contributed by atoms with Gasteiger partial charge in [-0.1, -0.05) is 15.0 Å². The summed E-state index contributed by atoms with van der Waals surface area (Å²) < 4.78 is 36.5. The molecule has 0 heterocycles. The first kappa shape index (κ1) is 8.63. The maximum absolute atomic E-state index is 12.7. The fourth-order valence-corrected chi connectivity index (χ4v) is 1.11. The first-order chi connectivity index (χ1) is 5.13. The minimum atomic E-state index is -1.24. The van der Waals surface area contributed by atoms with Crippen molar-refractivity contribution in [3.63, 3.8) is 0 Å². The fourth-order valence-electron chi connectivity index (χ4n) is 0.623. The molecule has 0 fully saturated rings. The van der Waals surface area contributed by atoms with E-state index in [1.807, 2.05) is 0 Å². The van der Waals surface area contributed by atoms with Crippen LogP contribution in [-0.4, -0.2) is 0 Å². The van der Waals surface area contributed by atoms with Crippen molar-refractivity contribution in [1.82, 2.24) is 0 Å². The molecular weight excluding hydrogens is 270 g/mol. The normalized spacial score (nSPS) is 9.82. The van der Waals surface area contributed by atoms with E-state index in [4.69, 9.17) is 0 Å². The van der Waals surface area contributed by atoms with Gasteiger partial charge in [-0.15, -0.1) is 0 Å². The van der Waals surface area contributed by atoms with E-state index in [1.54, 1.807) is 22.6 Å². The van der Waals surface area contributed by atoms with Crippen LogP contribution in [0.5, 0.6) is 0 Å². The molecule has 0 radical (unpaired) electrons. The second kappa shape index (κ2) is 3.29. The smallest absolute Gasteiger partial charge is 0.165 e. The topological polar surface area (TPSA) is 3.24 Å². The summed E-state index contributed by atoms with van der Waals surface area (Å²) in [6, 6.07) is 3.80. The summed E-state index contributed by atoms with van der Waals surface area (Å²) in [6.45, 7) is 0. The van der Waals surface area contributed by atoms with Gasteiger partial charge in [0.1, 0.15) is 5.69 Å². The van der Waals surface area contributed by atoms with Crippen molar-refractivity contribution in [2.45, 2.75) is 0 Å². The van der Waals surface area contributed by atoms with Crippen LogP contribution in [0.1, 0.15) is 0 Å². The van der Waals surface area contributed by atoms with Crippen LogP contribution in [0.4, 0.5) is 19.0 Å². The Bertz CT molecular complexity index is 264. The van der Waals surface area contributed by atoms with Gasteiger partial charge in [-0.05, 0) is 40.1 Å². The third-order valence-electron chi connectivity index (χ3n) is 1.11. The van der Waals surface area contributed by atoms with Crippen molar-refractivity contribution in [2.24, 2.45) is 0 Å². The number of hydrogen-bond acceptors (Lipinski definition) is 1. The summed E-state index contributed by atoms with van der Waals surface area (Å²) in [5.41, 5.74) is -0.697. The Labute approximate surface area is 74.8 Å². The number of benzene rings is 1. The van der Waals surface area contributed by atoms with Crippen LogP contribution in [-0.2, 0) is 0 Å². The quantitative estimate of drug-likeness (QED) is 0.561. The van der Waals surface area contributed by atoms with Gasteiger partial charge in [0, 0.05) is 0 Å². The van der Waals surface area contributed by atoms with Crippen LogP contribution in [0.25, 0.3) is 0 Å². The Kier molecular flexibility index (Phi) is 2.58. The number of nitrogens with zero attached hydrogens (tertiary/aromatic N) is 1. The maximum atomic E-state index is 12.7. The van der Waals surface area contributed by atoms with Crippen LogP contribution < -0.4 is 5.34 Å². The van der Waals surface area contributed by atoms with E-state index in [9.17, 15) is 13.4 Å². The van der Waals surface area contributed by atoms with Gasteiger partial charge >= 0.3 is 0 Å².